The number of fused-ring (bicyclic) bond motifs is 3. The molecule has 0 fully saturated rings. The van der Waals surface area contributed by atoms with Crippen molar-refractivity contribution >= 4 is 27.5 Å². The predicted octanol–water partition coefficient (Wildman–Crippen LogP) is 4.40. The molecule has 3 aromatic carbocycles. The number of hydrogen-bond donors (Lipinski definition) is 1. The molecule has 0 aliphatic rings. The van der Waals surface area contributed by atoms with Gasteiger partial charge in [-0.1, -0.05) is 54.6 Å². The van der Waals surface area contributed by atoms with Crippen molar-refractivity contribution in [2.45, 2.75) is 19.3 Å². The number of carboxylic acid groups (broad SMARTS) is 1. The monoisotopic (exact) mass is 264 g/mol. The minimum atomic E-state index is -0.726. The van der Waals surface area contributed by atoms with Crippen molar-refractivity contribution in [1.82, 2.24) is 0 Å². The molecule has 0 amide bonds. The van der Waals surface area contributed by atoms with Crippen molar-refractivity contribution in [1.29, 1.82) is 0 Å². The third-order valence-electron chi connectivity index (χ3n) is 3.67. The largest absolute Gasteiger partial charge is 0.481 e. The lowest BCUT2D eigenvalue weighted by Gasteiger charge is -2.06. The summed E-state index contributed by atoms with van der Waals surface area (Å²) in [4.78, 5) is 10.6. The summed E-state index contributed by atoms with van der Waals surface area (Å²) in [7, 11) is 0. The first kappa shape index (κ1) is 12.7. The van der Waals surface area contributed by atoms with Crippen LogP contribution in [0, 0.1) is 0 Å². The molecule has 0 aliphatic carbocycles. The predicted molar refractivity (Wildman–Crippen MR) is 82.0 cm³/mol. The van der Waals surface area contributed by atoms with Gasteiger partial charge >= 0.3 is 5.97 Å². The Morgan fingerprint density at radius 3 is 2.40 bits per heavy atom. The van der Waals surface area contributed by atoms with Crippen LogP contribution >= 0.6 is 0 Å². The maximum Gasteiger partial charge on any atom is 0.303 e. The van der Waals surface area contributed by atoms with Gasteiger partial charge in [0.25, 0.3) is 0 Å². The second-order valence-electron chi connectivity index (χ2n) is 5.09. The number of carbonyl (C=O) groups is 1. The Labute approximate surface area is 117 Å². The van der Waals surface area contributed by atoms with E-state index in [0.717, 1.165) is 6.42 Å². The number of aryl methyl sites for hydroxylation is 1. The van der Waals surface area contributed by atoms with E-state index in [1.54, 1.807) is 0 Å². The maximum absolute atomic E-state index is 10.6. The van der Waals surface area contributed by atoms with Gasteiger partial charge in [-0.2, -0.15) is 0 Å². The van der Waals surface area contributed by atoms with Crippen LogP contribution in [0.5, 0.6) is 0 Å². The molecule has 0 bridgehead atoms. The Morgan fingerprint density at radius 2 is 1.60 bits per heavy atom. The van der Waals surface area contributed by atoms with E-state index in [1.807, 2.05) is 6.07 Å². The molecule has 3 rings (SSSR count). The van der Waals surface area contributed by atoms with Crippen molar-refractivity contribution in [3.8, 4) is 0 Å². The van der Waals surface area contributed by atoms with E-state index in [9.17, 15) is 4.79 Å². The minimum Gasteiger partial charge on any atom is -0.481 e. The third-order valence-corrected chi connectivity index (χ3v) is 3.67. The molecule has 0 unspecified atom stereocenters. The normalized spacial score (nSPS) is 11.0. The summed E-state index contributed by atoms with van der Waals surface area (Å²) in [5, 5.41) is 13.7. The average Bonchev–Trinajstić information content (AvgIpc) is 2.47. The lowest BCUT2D eigenvalue weighted by molar-refractivity contribution is -0.137. The summed E-state index contributed by atoms with van der Waals surface area (Å²) in [6.07, 6.45) is 1.73. The molecule has 0 saturated heterocycles. The van der Waals surface area contributed by atoms with Crippen LogP contribution in [0.2, 0.25) is 0 Å². The fourth-order valence-electron chi connectivity index (χ4n) is 2.65. The zero-order valence-electron chi connectivity index (χ0n) is 11.2. The molecular formula is C18H16O2. The summed E-state index contributed by atoms with van der Waals surface area (Å²) in [5.41, 5.74) is 1.20. The fourth-order valence-corrected chi connectivity index (χ4v) is 2.65. The number of aliphatic carboxylic acids is 1. The van der Waals surface area contributed by atoms with Gasteiger partial charge in [0.2, 0.25) is 0 Å². The van der Waals surface area contributed by atoms with E-state index < -0.39 is 5.97 Å². The number of carboxylic acids is 1. The molecular weight excluding hydrogens is 248 g/mol. The van der Waals surface area contributed by atoms with Crippen LogP contribution < -0.4 is 0 Å². The highest BCUT2D eigenvalue weighted by Crippen LogP contribution is 2.26. The van der Waals surface area contributed by atoms with Gasteiger partial charge in [0.05, 0.1) is 0 Å². The second kappa shape index (κ2) is 5.33. The Bertz CT molecular complexity index is 775. The van der Waals surface area contributed by atoms with Gasteiger partial charge in [-0.25, -0.2) is 0 Å². The van der Waals surface area contributed by atoms with Crippen LogP contribution in [0.4, 0.5) is 0 Å². The molecule has 0 saturated carbocycles. The van der Waals surface area contributed by atoms with Crippen molar-refractivity contribution in [2.24, 2.45) is 0 Å². The molecule has 0 heterocycles. The molecule has 2 nitrogen and oxygen atoms in total. The van der Waals surface area contributed by atoms with Crippen molar-refractivity contribution in [3.63, 3.8) is 0 Å². The van der Waals surface area contributed by atoms with Gasteiger partial charge in [-0.3, -0.25) is 4.79 Å². The summed E-state index contributed by atoms with van der Waals surface area (Å²) >= 11 is 0. The summed E-state index contributed by atoms with van der Waals surface area (Å²) < 4.78 is 0. The molecule has 20 heavy (non-hydrogen) atoms. The van der Waals surface area contributed by atoms with Gasteiger partial charge in [0, 0.05) is 6.42 Å². The van der Waals surface area contributed by atoms with Crippen LogP contribution in [-0.4, -0.2) is 11.1 Å². The van der Waals surface area contributed by atoms with Gasteiger partial charge in [-0.05, 0) is 39.9 Å². The minimum absolute atomic E-state index is 0.230. The molecule has 3 aromatic rings. The lowest BCUT2D eigenvalue weighted by Crippen LogP contribution is -1.95. The molecule has 0 aromatic heterocycles. The van der Waals surface area contributed by atoms with Crippen LogP contribution in [0.3, 0.4) is 0 Å². The quantitative estimate of drug-likeness (QED) is 0.709. The molecule has 2 heteroatoms. The fraction of sp³-hybridized carbons (Fsp3) is 0.167. The van der Waals surface area contributed by atoms with Crippen molar-refractivity contribution in [2.75, 3.05) is 0 Å². The Kier molecular flexibility index (Phi) is 3.38. The van der Waals surface area contributed by atoms with Crippen LogP contribution in [-0.2, 0) is 11.2 Å². The van der Waals surface area contributed by atoms with E-state index in [1.165, 1.54) is 27.1 Å². The molecule has 1 N–H and O–H groups in total. The highest BCUT2D eigenvalue weighted by molar-refractivity contribution is 6.07. The van der Waals surface area contributed by atoms with Gasteiger partial charge in [0.1, 0.15) is 0 Å². The first-order valence-corrected chi connectivity index (χ1v) is 6.86. The van der Waals surface area contributed by atoms with Gasteiger partial charge in [0.15, 0.2) is 0 Å². The van der Waals surface area contributed by atoms with Crippen LogP contribution in [0.15, 0.2) is 54.6 Å². The van der Waals surface area contributed by atoms with E-state index in [4.69, 9.17) is 5.11 Å². The number of rotatable bonds is 4. The standard InChI is InChI=1S/C18H16O2/c19-18(20)7-3-4-13-8-9-15-11-10-14-5-1-2-6-16(14)17(15)12-13/h1-2,5-6,8-12H,3-4,7H2,(H,19,20). The topological polar surface area (TPSA) is 37.3 Å². The lowest BCUT2D eigenvalue weighted by atomic mass is 9.98. The SMILES string of the molecule is O=C(O)CCCc1ccc2ccc3ccccc3c2c1. The van der Waals surface area contributed by atoms with Crippen LogP contribution in [0.25, 0.3) is 21.5 Å². The van der Waals surface area contributed by atoms with Crippen LogP contribution in [0.1, 0.15) is 18.4 Å². The molecule has 0 aliphatic heterocycles. The van der Waals surface area contributed by atoms with Crippen molar-refractivity contribution < 1.29 is 9.90 Å². The number of benzene rings is 3. The smallest absolute Gasteiger partial charge is 0.303 e. The molecule has 0 radical (unpaired) electrons. The third kappa shape index (κ3) is 2.50. The molecule has 0 atom stereocenters. The highest BCUT2D eigenvalue weighted by Gasteiger charge is 2.03. The van der Waals surface area contributed by atoms with Crippen molar-refractivity contribution in [3.05, 3.63) is 60.2 Å². The zero-order chi connectivity index (χ0) is 13.9. The van der Waals surface area contributed by atoms with Gasteiger partial charge in [-0.15, -0.1) is 0 Å². The Hall–Kier alpha value is -2.35. The van der Waals surface area contributed by atoms with E-state index >= 15 is 0 Å². The van der Waals surface area contributed by atoms with E-state index in [-0.39, 0.29) is 6.42 Å². The molecule has 0 spiro atoms. The molecule has 100 valence electrons. The maximum atomic E-state index is 10.6. The first-order valence-electron chi connectivity index (χ1n) is 6.86. The first-order chi connectivity index (χ1) is 9.74. The Balaban J connectivity index is 2.00. The van der Waals surface area contributed by atoms with E-state index in [2.05, 4.69) is 48.5 Å². The van der Waals surface area contributed by atoms with Gasteiger partial charge < -0.3 is 5.11 Å². The zero-order valence-corrected chi connectivity index (χ0v) is 11.2. The second-order valence-corrected chi connectivity index (χ2v) is 5.09. The summed E-state index contributed by atoms with van der Waals surface area (Å²) in [6, 6.07) is 19.0. The van der Waals surface area contributed by atoms with E-state index in [0.29, 0.717) is 6.42 Å². The summed E-state index contributed by atoms with van der Waals surface area (Å²) in [6.45, 7) is 0. The average molecular weight is 264 g/mol. The highest BCUT2D eigenvalue weighted by atomic mass is 16.4. The number of hydrogen-bond acceptors (Lipinski definition) is 1. The summed E-state index contributed by atoms with van der Waals surface area (Å²) in [5.74, 6) is -0.726. The Morgan fingerprint density at radius 1 is 0.900 bits per heavy atom.